The SMILES string of the molecule is COc1ccc(N2CCN3C(=O)C(=O)[N+](CC(=O)NC(C)(C)C)=NC32)cc1. The summed E-state index contributed by atoms with van der Waals surface area (Å²) in [6.07, 6.45) is -0.647. The van der Waals surface area contributed by atoms with Gasteiger partial charge in [0.15, 0.2) is 0 Å². The zero-order chi connectivity index (χ0) is 19.8. The van der Waals surface area contributed by atoms with Crippen LogP contribution in [0.15, 0.2) is 29.4 Å². The molecule has 1 unspecified atom stereocenters. The smallest absolute Gasteiger partial charge is 0.497 e. The number of amides is 3. The molecule has 3 amide bonds. The molecule has 1 fully saturated rings. The fraction of sp³-hybridized carbons (Fsp3) is 0.500. The van der Waals surface area contributed by atoms with Crippen LogP contribution in [0.2, 0.25) is 0 Å². The third-order valence-corrected chi connectivity index (χ3v) is 4.27. The van der Waals surface area contributed by atoms with E-state index in [0.717, 1.165) is 16.1 Å². The molecule has 27 heavy (non-hydrogen) atoms. The Morgan fingerprint density at radius 3 is 2.44 bits per heavy atom. The Balaban J connectivity index is 1.84. The summed E-state index contributed by atoms with van der Waals surface area (Å²) < 4.78 is 6.13. The first-order chi connectivity index (χ1) is 12.7. The minimum absolute atomic E-state index is 0.289. The van der Waals surface area contributed by atoms with Crippen molar-refractivity contribution in [1.29, 1.82) is 0 Å². The number of rotatable bonds is 4. The summed E-state index contributed by atoms with van der Waals surface area (Å²) in [5, 5.41) is 7.14. The number of carbonyl (C=O) groups is 3. The molecule has 3 rings (SSSR count). The van der Waals surface area contributed by atoms with Gasteiger partial charge in [-0.1, -0.05) is 0 Å². The second kappa shape index (κ2) is 6.98. The quantitative estimate of drug-likeness (QED) is 0.613. The molecule has 0 radical (unpaired) electrons. The van der Waals surface area contributed by atoms with Crippen molar-refractivity contribution < 1.29 is 23.8 Å². The lowest BCUT2D eigenvalue weighted by Crippen LogP contribution is -2.54. The van der Waals surface area contributed by atoms with Gasteiger partial charge in [0.25, 0.3) is 18.7 Å². The van der Waals surface area contributed by atoms with E-state index in [4.69, 9.17) is 4.74 Å². The van der Waals surface area contributed by atoms with E-state index in [0.29, 0.717) is 13.1 Å². The summed E-state index contributed by atoms with van der Waals surface area (Å²) in [7, 11) is 1.59. The lowest BCUT2D eigenvalue weighted by molar-refractivity contribution is -0.509. The van der Waals surface area contributed by atoms with Crippen LogP contribution in [0, 0.1) is 0 Å². The molecule has 0 aromatic heterocycles. The molecule has 1 atom stereocenters. The Hall–Kier alpha value is -2.97. The van der Waals surface area contributed by atoms with Gasteiger partial charge in [-0.2, -0.15) is 0 Å². The Kier molecular flexibility index (Phi) is 4.86. The van der Waals surface area contributed by atoms with E-state index in [2.05, 4.69) is 10.4 Å². The molecule has 0 aliphatic carbocycles. The topological polar surface area (TPSA) is 94.3 Å². The van der Waals surface area contributed by atoms with Crippen LogP contribution in [-0.4, -0.2) is 65.9 Å². The molecule has 9 heteroatoms. The lowest BCUT2D eigenvalue weighted by Gasteiger charge is -2.27. The van der Waals surface area contributed by atoms with E-state index >= 15 is 0 Å². The average Bonchev–Trinajstić information content (AvgIpc) is 3.01. The van der Waals surface area contributed by atoms with Crippen molar-refractivity contribution in [3.63, 3.8) is 0 Å². The molecular weight excluding hydrogens is 350 g/mol. The maximum atomic E-state index is 12.5. The minimum Gasteiger partial charge on any atom is -0.497 e. The summed E-state index contributed by atoms with van der Waals surface area (Å²) in [5.74, 6) is -1.07. The van der Waals surface area contributed by atoms with E-state index < -0.39 is 23.6 Å². The van der Waals surface area contributed by atoms with Crippen LogP contribution < -0.4 is 15.0 Å². The Labute approximate surface area is 157 Å². The largest absolute Gasteiger partial charge is 0.502 e. The predicted molar refractivity (Wildman–Crippen MR) is 96.3 cm³/mol. The van der Waals surface area contributed by atoms with Crippen molar-refractivity contribution in [2.24, 2.45) is 5.11 Å². The monoisotopic (exact) mass is 374 g/mol. The van der Waals surface area contributed by atoms with Gasteiger partial charge in [-0.05, 0) is 49.7 Å². The standard InChI is InChI=1S/C18H23N5O4/c1-18(2,3)19-14(24)11-23-16(26)15(25)22-10-9-21(17(22)20-23)12-5-7-13(27-4)8-6-12/h5-8,17H,9-11H2,1-4H3/p+1. The van der Waals surface area contributed by atoms with E-state index in [1.165, 1.54) is 4.90 Å². The van der Waals surface area contributed by atoms with Crippen LogP contribution in [0.25, 0.3) is 0 Å². The van der Waals surface area contributed by atoms with Gasteiger partial charge < -0.3 is 15.0 Å². The van der Waals surface area contributed by atoms with Crippen molar-refractivity contribution in [2.75, 3.05) is 31.6 Å². The molecule has 2 aliphatic rings. The number of hydrogen-bond acceptors (Lipinski definition) is 6. The van der Waals surface area contributed by atoms with Crippen molar-refractivity contribution in [1.82, 2.24) is 10.2 Å². The fourth-order valence-electron chi connectivity index (χ4n) is 3.10. The van der Waals surface area contributed by atoms with Gasteiger partial charge in [0.1, 0.15) is 5.75 Å². The normalized spacial score (nSPS) is 19.7. The highest BCUT2D eigenvalue weighted by molar-refractivity contribution is 6.31. The zero-order valence-corrected chi connectivity index (χ0v) is 15.9. The van der Waals surface area contributed by atoms with Gasteiger partial charge in [0, 0.05) is 29.4 Å². The van der Waals surface area contributed by atoms with Crippen LogP contribution >= 0.6 is 0 Å². The molecule has 1 aromatic carbocycles. The van der Waals surface area contributed by atoms with Gasteiger partial charge in [0.05, 0.1) is 7.11 Å². The first kappa shape index (κ1) is 18.8. The fourth-order valence-corrected chi connectivity index (χ4v) is 3.10. The first-order valence-electron chi connectivity index (χ1n) is 8.74. The van der Waals surface area contributed by atoms with Crippen molar-refractivity contribution >= 4 is 23.4 Å². The Morgan fingerprint density at radius 1 is 1.22 bits per heavy atom. The maximum Gasteiger partial charge on any atom is 0.502 e. The van der Waals surface area contributed by atoms with Gasteiger partial charge >= 0.3 is 11.8 Å². The number of ether oxygens (including phenoxy) is 1. The van der Waals surface area contributed by atoms with Crippen molar-refractivity contribution in [3.8, 4) is 5.75 Å². The Morgan fingerprint density at radius 2 is 1.85 bits per heavy atom. The van der Waals surface area contributed by atoms with Crippen LogP contribution in [-0.2, 0) is 14.4 Å². The highest BCUT2D eigenvalue weighted by atomic mass is 16.5. The molecule has 1 N–H and O–H groups in total. The van der Waals surface area contributed by atoms with E-state index in [1.54, 1.807) is 7.11 Å². The highest BCUT2D eigenvalue weighted by Crippen LogP contribution is 2.28. The van der Waals surface area contributed by atoms with Gasteiger partial charge in [0.2, 0.25) is 0 Å². The number of azo groups is 2. The third kappa shape index (κ3) is 3.91. The number of carbonyl (C=O) groups excluding carboxylic acids is 3. The number of hydrogen-bond donors (Lipinski definition) is 1. The molecule has 2 aliphatic heterocycles. The summed E-state index contributed by atoms with van der Waals surface area (Å²) >= 11 is 0. The van der Waals surface area contributed by atoms with Crippen LogP contribution in [0.1, 0.15) is 20.8 Å². The summed E-state index contributed by atoms with van der Waals surface area (Å²) in [6, 6.07) is 7.38. The first-order valence-corrected chi connectivity index (χ1v) is 8.74. The number of fused-ring (bicyclic) bond motifs is 1. The Bertz CT molecular complexity index is 797. The molecule has 1 aromatic rings. The molecule has 144 valence electrons. The molecule has 2 heterocycles. The predicted octanol–water partition coefficient (Wildman–Crippen LogP) is 0.547. The minimum atomic E-state index is -0.785. The molecule has 0 saturated carbocycles. The van der Waals surface area contributed by atoms with E-state index in [1.807, 2.05) is 49.9 Å². The van der Waals surface area contributed by atoms with Gasteiger partial charge in [-0.3, -0.25) is 14.5 Å². The molecule has 1 saturated heterocycles. The third-order valence-electron chi connectivity index (χ3n) is 4.27. The highest BCUT2D eigenvalue weighted by Gasteiger charge is 2.49. The van der Waals surface area contributed by atoms with Crippen LogP contribution in [0.4, 0.5) is 5.69 Å². The van der Waals surface area contributed by atoms with Gasteiger partial charge in [-0.25, -0.2) is 4.79 Å². The van der Waals surface area contributed by atoms with Crippen molar-refractivity contribution in [3.05, 3.63) is 24.3 Å². The summed E-state index contributed by atoms with van der Waals surface area (Å²) in [4.78, 5) is 40.3. The van der Waals surface area contributed by atoms with E-state index in [9.17, 15) is 14.4 Å². The summed E-state index contributed by atoms with van der Waals surface area (Å²) in [6.45, 7) is 6.18. The van der Waals surface area contributed by atoms with Crippen LogP contribution in [0.3, 0.4) is 0 Å². The average molecular weight is 374 g/mol. The number of nitrogens with zero attached hydrogens (tertiary/aromatic N) is 4. The summed E-state index contributed by atoms with van der Waals surface area (Å²) in [5.41, 5.74) is 0.419. The number of anilines is 1. The van der Waals surface area contributed by atoms with Crippen molar-refractivity contribution in [2.45, 2.75) is 32.6 Å². The van der Waals surface area contributed by atoms with E-state index in [-0.39, 0.29) is 12.5 Å². The van der Waals surface area contributed by atoms with Crippen LogP contribution in [0.5, 0.6) is 5.75 Å². The number of benzene rings is 1. The molecular formula is C18H24N5O4+. The number of methoxy groups -OCH3 is 1. The second-order valence-electron chi connectivity index (χ2n) is 7.51. The van der Waals surface area contributed by atoms with Gasteiger partial charge in [-0.15, -0.1) is 0 Å². The molecule has 9 nitrogen and oxygen atoms in total. The molecule has 0 spiro atoms. The lowest BCUT2D eigenvalue weighted by atomic mass is 10.1. The maximum absolute atomic E-state index is 12.5. The number of nitrogens with one attached hydrogen (secondary N) is 1. The second-order valence-corrected chi connectivity index (χ2v) is 7.51. The molecule has 0 bridgehead atoms. The zero-order valence-electron chi connectivity index (χ0n) is 15.9.